The van der Waals surface area contributed by atoms with Gasteiger partial charge in [0.2, 0.25) is 10.0 Å². The Kier molecular flexibility index (Phi) is 4.75. The quantitative estimate of drug-likeness (QED) is 0.907. The molecule has 1 saturated heterocycles. The Morgan fingerprint density at radius 2 is 2.00 bits per heavy atom. The molecule has 1 aromatic heterocycles. The third kappa shape index (κ3) is 3.00. The van der Waals surface area contributed by atoms with Gasteiger partial charge < -0.3 is 5.73 Å². The number of nitrogens with two attached hydrogens (primary N) is 1. The zero-order valence-electron chi connectivity index (χ0n) is 13.3. The van der Waals surface area contributed by atoms with Crippen molar-refractivity contribution in [1.82, 2.24) is 14.1 Å². The Labute approximate surface area is 127 Å². The second-order valence-corrected chi connectivity index (χ2v) is 7.93. The van der Waals surface area contributed by atoms with Crippen molar-refractivity contribution in [3.63, 3.8) is 0 Å². The second-order valence-electron chi connectivity index (χ2n) is 6.11. The first kappa shape index (κ1) is 16.5. The fourth-order valence-corrected chi connectivity index (χ4v) is 5.29. The molecule has 120 valence electrons. The molecule has 0 amide bonds. The molecule has 2 N–H and O–H groups in total. The Morgan fingerprint density at radius 3 is 2.57 bits per heavy atom. The van der Waals surface area contributed by atoms with Gasteiger partial charge in [-0.05, 0) is 39.5 Å². The van der Waals surface area contributed by atoms with Gasteiger partial charge in [0.25, 0.3) is 0 Å². The smallest absolute Gasteiger partial charge is 0.246 e. The number of piperidine rings is 1. The highest BCUT2D eigenvalue weighted by molar-refractivity contribution is 7.89. The van der Waals surface area contributed by atoms with Gasteiger partial charge in [0, 0.05) is 19.1 Å². The first-order chi connectivity index (χ1) is 9.78. The molecule has 2 atom stereocenters. The molecule has 2 unspecified atom stereocenters. The summed E-state index contributed by atoms with van der Waals surface area (Å²) < 4.78 is 29.3. The van der Waals surface area contributed by atoms with E-state index in [2.05, 4.69) is 12.0 Å². The maximum absolute atomic E-state index is 13.0. The van der Waals surface area contributed by atoms with Crippen LogP contribution in [0.25, 0.3) is 0 Å². The summed E-state index contributed by atoms with van der Waals surface area (Å²) in [5, 5.41) is 4.33. The summed E-state index contributed by atoms with van der Waals surface area (Å²) in [4.78, 5) is 0.359. The molecule has 0 saturated carbocycles. The number of aryl methyl sites for hydroxylation is 1. The molecule has 0 aromatic carbocycles. The first-order valence-corrected chi connectivity index (χ1v) is 8.99. The van der Waals surface area contributed by atoms with E-state index in [4.69, 9.17) is 5.73 Å². The van der Waals surface area contributed by atoms with E-state index in [1.807, 2.05) is 6.92 Å². The van der Waals surface area contributed by atoms with Crippen molar-refractivity contribution in [2.45, 2.75) is 58.0 Å². The van der Waals surface area contributed by atoms with E-state index in [1.54, 1.807) is 22.8 Å². The van der Waals surface area contributed by atoms with E-state index in [1.165, 1.54) is 0 Å². The van der Waals surface area contributed by atoms with Gasteiger partial charge >= 0.3 is 0 Å². The van der Waals surface area contributed by atoms with E-state index >= 15 is 0 Å². The predicted molar refractivity (Wildman–Crippen MR) is 82.5 cm³/mol. The topological polar surface area (TPSA) is 81.2 Å². The lowest BCUT2D eigenvalue weighted by Crippen LogP contribution is -2.44. The van der Waals surface area contributed by atoms with E-state index in [0.717, 1.165) is 12.8 Å². The van der Waals surface area contributed by atoms with Crippen LogP contribution in [0, 0.1) is 19.8 Å². The fourth-order valence-electron chi connectivity index (χ4n) is 3.25. The molecule has 21 heavy (non-hydrogen) atoms. The van der Waals surface area contributed by atoms with Crippen LogP contribution in [0.2, 0.25) is 0 Å². The van der Waals surface area contributed by atoms with Crippen LogP contribution in [-0.4, -0.2) is 41.6 Å². The number of hydrogen-bond acceptors (Lipinski definition) is 4. The molecular formula is C14H26N4O2S. The van der Waals surface area contributed by atoms with Crippen LogP contribution in [0.15, 0.2) is 4.90 Å². The van der Waals surface area contributed by atoms with Crippen molar-refractivity contribution >= 4 is 10.0 Å². The molecule has 1 aliphatic rings. The summed E-state index contributed by atoms with van der Waals surface area (Å²) in [7, 11) is -3.48. The van der Waals surface area contributed by atoms with Gasteiger partial charge in [0.15, 0.2) is 0 Å². The predicted octanol–water partition coefficient (Wildman–Crippen LogP) is 1.27. The van der Waals surface area contributed by atoms with Gasteiger partial charge in [-0.3, -0.25) is 4.68 Å². The molecule has 0 bridgehead atoms. The first-order valence-electron chi connectivity index (χ1n) is 7.55. The van der Waals surface area contributed by atoms with Crippen molar-refractivity contribution in [2.24, 2.45) is 11.7 Å². The second kappa shape index (κ2) is 6.06. The lowest BCUT2D eigenvalue weighted by atomic mass is 9.95. The molecule has 1 fully saturated rings. The summed E-state index contributed by atoms with van der Waals surface area (Å²) >= 11 is 0. The SMILES string of the molecule is Cc1nn(CCN)c(C)c1S(=O)(=O)N1CCC(C)CC1C. The van der Waals surface area contributed by atoms with Crippen molar-refractivity contribution < 1.29 is 8.42 Å². The molecule has 7 heteroatoms. The lowest BCUT2D eigenvalue weighted by molar-refractivity contribution is 0.220. The van der Waals surface area contributed by atoms with Crippen molar-refractivity contribution in [1.29, 1.82) is 0 Å². The summed E-state index contributed by atoms with van der Waals surface area (Å²) in [6, 6.07) is 0.0374. The lowest BCUT2D eigenvalue weighted by Gasteiger charge is -2.35. The highest BCUT2D eigenvalue weighted by Crippen LogP contribution is 2.30. The molecular weight excluding hydrogens is 288 g/mol. The number of hydrogen-bond donors (Lipinski definition) is 1. The van der Waals surface area contributed by atoms with Crippen LogP contribution in [-0.2, 0) is 16.6 Å². The highest BCUT2D eigenvalue weighted by Gasteiger charge is 2.36. The normalized spacial score (nSPS) is 24.4. The van der Waals surface area contributed by atoms with Crippen LogP contribution in [0.4, 0.5) is 0 Å². The zero-order chi connectivity index (χ0) is 15.8. The van der Waals surface area contributed by atoms with Crippen LogP contribution in [0.5, 0.6) is 0 Å². The van der Waals surface area contributed by atoms with Gasteiger partial charge in [-0.25, -0.2) is 8.42 Å². The van der Waals surface area contributed by atoms with Crippen LogP contribution in [0.1, 0.15) is 38.1 Å². The maximum atomic E-state index is 13.0. The maximum Gasteiger partial charge on any atom is 0.246 e. The van der Waals surface area contributed by atoms with E-state index in [0.29, 0.717) is 41.8 Å². The Bertz CT molecular complexity index is 609. The number of rotatable bonds is 4. The third-order valence-corrected chi connectivity index (χ3v) is 6.57. The summed E-state index contributed by atoms with van der Waals surface area (Å²) in [5.41, 5.74) is 6.80. The Balaban J connectivity index is 2.40. The van der Waals surface area contributed by atoms with Gasteiger partial charge in [-0.1, -0.05) is 6.92 Å². The number of aromatic nitrogens is 2. The Hall–Kier alpha value is -0.920. The standard InChI is InChI=1S/C14H26N4O2S/c1-10-5-7-18(11(2)9-10)21(19,20)14-12(3)16-17(8-6-15)13(14)4/h10-11H,5-9,15H2,1-4H3. The van der Waals surface area contributed by atoms with Crippen LogP contribution in [0.3, 0.4) is 0 Å². The van der Waals surface area contributed by atoms with Gasteiger partial charge in [-0.2, -0.15) is 9.40 Å². The molecule has 1 aromatic rings. The highest BCUT2D eigenvalue weighted by atomic mass is 32.2. The number of sulfonamides is 1. The molecule has 0 radical (unpaired) electrons. The average molecular weight is 314 g/mol. The minimum atomic E-state index is -3.48. The minimum Gasteiger partial charge on any atom is -0.329 e. The molecule has 0 spiro atoms. The molecule has 6 nitrogen and oxygen atoms in total. The molecule has 0 aliphatic carbocycles. The van der Waals surface area contributed by atoms with Crippen molar-refractivity contribution in [2.75, 3.05) is 13.1 Å². The van der Waals surface area contributed by atoms with Crippen LogP contribution >= 0.6 is 0 Å². The molecule has 2 heterocycles. The van der Waals surface area contributed by atoms with Gasteiger partial charge in [-0.15, -0.1) is 0 Å². The van der Waals surface area contributed by atoms with Crippen molar-refractivity contribution in [3.05, 3.63) is 11.4 Å². The molecule has 2 rings (SSSR count). The van der Waals surface area contributed by atoms with Crippen LogP contribution < -0.4 is 5.73 Å². The summed E-state index contributed by atoms with van der Waals surface area (Å²) in [6.07, 6.45) is 1.83. The number of nitrogens with zero attached hydrogens (tertiary/aromatic N) is 3. The Morgan fingerprint density at radius 1 is 1.33 bits per heavy atom. The van der Waals surface area contributed by atoms with E-state index < -0.39 is 10.0 Å². The largest absolute Gasteiger partial charge is 0.329 e. The van der Waals surface area contributed by atoms with Crippen molar-refractivity contribution in [3.8, 4) is 0 Å². The van der Waals surface area contributed by atoms with E-state index in [9.17, 15) is 8.42 Å². The molecule has 1 aliphatic heterocycles. The van der Waals surface area contributed by atoms with Gasteiger partial charge in [0.1, 0.15) is 4.90 Å². The third-order valence-electron chi connectivity index (χ3n) is 4.30. The van der Waals surface area contributed by atoms with E-state index in [-0.39, 0.29) is 6.04 Å². The monoisotopic (exact) mass is 314 g/mol. The zero-order valence-corrected chi connectivity index (χ0v) is 14.2. The fraction of sp³-hybridized carbons (Fsp3) is 0.786. The average Bonchev–Trinajstić information content (AvgIpc) is 2.64. The summed E-state index contributed by atoms with van der Waals surface area (Å²) in [6.45, 7) is 9.29. The minimum absolute atomic E-state index is 0.0374. The summed E-state index contributed by atoms with van der Waals surface area (Å²) in [5.74, 6) is 0.577. The van der Waals surface area contributed by atoms with Gasteiger partial charge in [0.05, 0.1) is 17.9 Å².